The molecule has 0 aromatic heterocycles. The maximum Gasteiger partial charge on any atom is 0.322 e. The fourth-order valence-corrected chi connectivity index (χ4v) is 8.26. The monoisotopic (exact) mass is 748 g/mol. The first-order valence-corrected chi connectivity index (χ1v) is 18.9. The fourth-order valence-electron chi connectivity index (χ4n) is 8.05. The maximum atomic E-state index is 14.1. The van der Waals surface area contributed by atoms with Crippen molar-refractivity contribution in [2.45, 2.75) is 77.4 Å². The molecule has 50 heavy (non-hydrogen) atoms. The number of nitrogens with one attached hydrogen (secondary N) is 2. The Kier molecular flexibility index (Phi) is 11.9. The van der Waals surface area contributed by atoms with Crippen molar-refractivity contribution in [3.63, 3.8) is 0 Å². The number of urea groups is 2. The summed E-state index contributed by atoms with van der Waals surface area (Å²) in [5, 5.41) is 6.10. The number of halogens is 1. The lowest BCUT2D eigenvalue weighted by molar-refractivity contribution is -0.144. The van der Waals surface area contributed by atoms with E-state index in [2.05, 4.69) is 43.6 Å². The first-order chi connectivity index (χ1) is 24.2. The zero-order valence-corrected chi connectivity index (χ0v) is 30.8. The highest BCUT2D eigenvalue weighted by Crippen LogP contribution is 2.33. The number of ether oxygens (including phenoxy) is 1. The highest BCUT2D eigenvalue weighted by molar-refractivity contribution is 9.10. The quantitative estimate of drug-likeness (QED) is 0.349. The molecule has 11 nitrogen and oxygen atoms in total. The molecule has 0 radical (unpaired) electrons. The molecular formula is C38H49BrN6O5. The summed E-state index contributed by atoms with van der Waals surface area (Å²) >= 11 is 3.49. The van der Waals surface area contributed by atoms with Crippen LogP contribution in [0.2, 0.25) is 0 Å². The van der Waals surface area contributed by atoms with Gasteiger partial charge in [-0.3, -0.25) is 14.5 Å². The van der Waals surface area contributed by atoms with Gasteiger partial charge in [0.25, 0.3) is 0 Å². The molecule has 2 N–H and O–H groups in total. The number of aryl methyl sites for hydroxylation is 1. The first kappa shape index (κ1) is 36.0. The number of benzene rings is 1. The largest absolute Gasteiger partial charge is 0.465 e. The van der Waals surface area contributed by atoms with E-state index in [0.29, 0.717) is 77.0 Å². The van der Waals surface area contributed by atoms with E-state index in [1.54, 1.807) is 4.90 Å². The predicted molar refractivity (Wildman–Crippen MR) is 193 cm³/mol. The van der Waals surface area contributed by atoms with E-state index in [1.807, 2.05) is 54.0 Å². The summed E-state index contributed by atoms with van der Waals surface area (Å²) in [4.78, 5) is 60.4. The van der Waals surface area contributed by atoms with Crippen LogP contribution in [0.25, 0.3) is 0 Å². The van der Waals surface area contributed by atoms with E-state index in [4.69, 9.17) is 4.74 Å². The molecule has 1 atom stereocenters. The van der Waals surface area contributed by atoms with Crippen LogP contribution in [-0.2, 0) is 27.3 Å². The third kappa shape index (κ3) is 8.72. The van der Waals surface area contributed by atoms with Crippen LogP contribution in [0.5, 0.6) is 0 Å². The minimum atomic E-state index is -0.725. The Morgan fingerprint density at radius 3 is 2.30 bits per heavy atom. The van der Waals surface area contributed by atoms with Crippen LogP contribution in [0.15, 0.2) is 34.8 Å². The van der Waals surface area contributed by atoms with E-state index in [0.717, 1.165) is 65.6 Å². The molecule has 0 aliphatic carbocycles. The van der Waals surface area contributed by atoms with Crippen molar-refractivity contribution in [3.05, 3.63) is 63.6 Å². The second kappa shape index (κ2) is 16.5. The van der Waals surface area contributed by atoms with E-state index in [1.165, 1.54) is 0 Å². The second-order valence-electron chi connectivity index (χ2n) is 14.1. The molecule has 1 unspecified atom stereocenters. The summed E-state index contributed by atoms with van der Waals surface area (Å²) < 4.78 is 5.95. The number of carbonyl (C=O) groups is 4. The van der Waals surface area contributed by atoms with Gasteiger partial charge in [0, 0.05) is 56.4 Å². The lowest BCUT2D eigenvalue weighted by Crippen LogP contribution is -2.57. The molecular weight excluding hydrogens is 700 g/mol. The normalized spacial score (nSPS) is 20.1. The van der Waals surface area contributed by atoms with Gasteiger partial charge in [-0.05, 0) is 116 Å². The molecule has 3 saturated heterocycles. The van der Waals surface area contributed by atoms with Crippen LogP contribution in [0, 0.1) is 30.9 Å². The second-order valence-corrected chi connectivity index (χ2v) is 14.9. The van der Waals surface area contributed by atoms with E-state index >= 15 is 0 Å². The molecule has 3 fully saturated rings. The Hall–Kier alpha value is -3.82. The van der Waals surface area contributed by atoms with Crippen LogP contribution in [-0.4, -0.2) is 108 Å². The minimum absolute atomic E-state index is 0.0341. The molecule has 12 heteroatoms. The van der Waals surface area contributed by atoms with Gasteiger partial charge in [0.1, 0.15) is 6.04 Å². The van der Waals surface area contributed by atoms with Gasteiger partial charge in [-0.2, -0.15) is 0 Å². The van der Waals surface area contributed by atoms with Gasteiger partial charge >= 0.3 is 18.0 Å². The molecule has 2 aromatic carbocycles. The zero-order valence-electron chi connectivity index (χ0n) is 29.2. The molecule has 5 amide bonds. The average molecular weight is 750 g/mol. The number of hydrogen-bond donors (Lipinski definition) is 2. The van der Waals surface area contributed by atoms with Crippen molar-refractivity contribution in [1.29, 1.82) is 0 Å². The number of esters is 1. The van der Waals surface area contributed by atoms with Gasteiger partial charge in [-0.25, -0.2) is 9.59 Å². The Morgan fingerprint density at radius 2 is 1.62 bits per heavy atom. The van der Waals surface area contributed by atoms with Crippen molar-refractivity contribution in [3.8, 4) is 0 Å². The van der Waals surface area contributed by atoms with E-state index in [9.17, 15) is 19.2 Å². The average Bonchev–Trinajstić information content (AvgIpc) is 3.13. The molecule has 0 bridgehead atoms. The van der Waals surface area contributed by atoms with Crippen molar-refractivity contribution in [2.75, 3.05) is 57.7 Å². The van der Waals surface area contributed by atoms with Crippen molar-refractivity contribution in [1.82, 2.24) is 24.9 Å². The number of piperidine rings is 3. The molecule has 6 rings (SSSR count). The van der Waals surface area contributed by atoms with Crippen molar-refractivity contribution < 1.29 is 23.9 Å². The fraction of sp³-hybridized carbons (Fsp3) is 0.579. The number of anilines is 1. The number of nitrogens with zero attached hydrogens (tertiary/aromatic N) is 4. The van der Waals surface area contributed by atoms with Crippen LogP contribution >= 0.6 is 15.9 Å². The van der Waals surface area contributed by atoms with Gasteiger partial charge in [0.2, 0.25) is 5.91 Å². The predicted octanol–water partition coefficient (Wildman–Crippen LogP) is 5.00. The Labute approximate surface area is 304 Å². The number of carbonyl (C=O) groups excluding carboxylic acids is 4. The lowest BCUT2D eigenvalue weighted by Gasteiger charge is -2.41. The number of rotatable bonds is 9. The Balaban J connectivity index is 1.03. The first-order valence-electron chi connectivity index (χ1n) is 18.1. The van der Waals surface area contributed by atoms with E-state index in [-0.39, 0.29) is 30.0 Å². The molecule has 268 valence electrons. The molecule has 0 saturated carbocycles. The summed E-state index contributed by atoms with van der Waals surface area (Å²) in [7, 11) is 0. The topological polar surface area (TPSA) is 115 Å². The van der Waals surface area contributed by atoms with E-state index < -0.39 is 6.04 Å². The number of hydrogen-bond acceptors (Lipinski definition) is 6. The highest BCUT2D eigenvalue weighted by atomic mass is 79.9. The SMILES string of the molecule is CCOC(=O)CN1CCC(C2CCN(C(=O)C(Cc3c#cc(Br)c(C)c3)NC(=O)N3CCC(N4Cc5ccccc5NC4=O)CC3)CC2)CC1. The van der Waals surface area contributed by atoms with Crippen molar-refractivity contribution in [2.24, 2.45) is 11.8 Å². The van der Waals surface area contributed by atoms with Gasteiger partial charge in [-0.1, -0.05) is 30.3 Å². The van der Waals surface area contributed by atoms with Gasteiger partial charge in [0.15, 0.2) is 0 Å². The highest BCUT2D eigenvalue weighted by Gasteiger charge is 2.36. The summed E-state index contributed by atoms with van der Waals surface area (Å²) in [5.41, 5.74) is 3.77. The van der Waals surface area contributed by atoms with Gasteiger partial charge < -0.3 is 30.1 Å². The summed E-state index contributed by atoms with van der Waals surface area (Å²) in [6.07, 6.45) is 5.66. The maximum absolute atomic E-state index is 14.1. The van der Waals surface area contributed by atoms with Crippen molar-refractivity contribution >= 4 is 45.6 Å². The number of amides is 5. The molecule has 2 aromatic rings. The minimum Gasteiger partial charge on any atom is -0.465 e. The molecule has 4 aliphatic heterocycles. The lowest BCUT2D eigenvalue weighted by atomic mass is 9.78. The standard InChI is InChI=1S/C38H49BrN6O5/c1-3-50-35(46)25-42-16-10-28(11-17-42)29-12-18-43(19-13-29)36(47)34(23-27-8-9-32(39)26(2)22-27)41-37(48)44-20-14-31(15-21-44)45-24-30-6-4-5-7-33(30)40-38(45)49/h4-7,22,28-29,31,34H,3,10-21,23-25H2,1-2H3,(H,40,49)(H,41,48). The third-order valence-corrected chi connectivity index (χ3v) is 11.8. The number of fused-ring (bicyclic) bond motifs is 1. The Bertz CT molecular complexity index is 1530. The van der Waals surface area contributed by atoms with Crippen LogP contribution in [0.3, 0.4) is 0 Å². The van der Waals surface area contributed by atoms with Crippen LogP contribution < -0.4 is 10.6 Å². The summed E-state index contributed by atoms with van der Waals surface area (Å²) in [6.45, 7) is 9.27. The van der Waals surface area contributed by atoms with Gasteiger partial charge in [-0.15, -0.1) is 0 Å². The van der Waals surface area contributed by atoms with Crippen LogP contribution in [0.1, 0.15) is 62.1 Å². The van der Waals surface area contributed by atoms with Gasteiger partial charge in [0.05, 0.1) is 17.6 Å². The third-order valence-electron chi connectivity index (χ3n) is 11.0. The molecule has 0 spiro atoms. The molecule has 4 heterocycles. The smallest absolute Gasteiger partial charge is 0.322 e. The number of para-hydroxylation sites is 1. The van der Waals surface area contributed by atoms with Crippen LogP contribution in [0.4, 0.5) is 15.3 Å². The molecule has 4 aliphatic rings. The summed E-state index contributed by atoms with van der Waals surface area (Å²) in [5.74, 6) is 0.917. The zero-order chi connectivity index (χ0) is 35.2. The summed E-state index contributed by atoms with van der Waals surface area (Å²) in [6, 6.07) is 15.1. The Morgan fingerprint density at radius 1 is 0.960 bits per heavy atom. The number of likely N-dealkylation sites (tertiary alicyclic amines) is 3.